The van der Waals surface area contributed by atoms with Crippen LogP contribution in [0.15, 0.2) is 30.3 Å². The molecule has 1 fully saturated rings. The van der Waals surface area contributed by atoms with Gasteiger partial charge in [0.15, 0.2) is 0 Å². The maximum atomic E-state index is 14.5. The molecule has 1 saturated heterocycles. The van der Waals surface area contributed by atoms with Gasteiger partial charge in [0.05, 0.1) is 0 Å². The highest BCUT2D eigenvalue weighted by atomic mass is 35.5. The van der Waals surface area contributed by atoms with Crippen molar-refractivity contribution in [2.45, 2.75) is 37.9 Å². The molecule has 0 aliphatic carbocycles. The minimum atomic E-state index is -3.82. The van der Waals surface area contributed by atoms with Gasteiger partial charge in [0.2, 0.25) is 11.8 Å². The van der Waals surface area contributed by atoms with Gasteiger partial charge < -0.3 is 10.2 Å². The molecule has 7 nitrogen and oxygen atoms in total. The zero-order valence-electron chi connectivity index (χ0n) is 17.7. The van der Waals surface area contributed by atoms with Crippen molar-refractivity contribution in [2.75, 3.05) is 0 Å². The molecule has 1 unspecified atom stereocenters. The summed E-state index contributed by atoms with van der Waals surface area (Å²) in [5, 5.41) is 4.60. The Morgan fingerprint density at radius 1 is 1.21 bits per heavy atom. The highest BCUT2D eigenvalue weighted by Crippen LogP contribution is 2.30. The first-order valence-electron chi connectivity index (χ1n) is 10.3. The number of fused-ring (bicyclic) bond motifs is 1. The topological polar surface area (TPSA) is 95.6 Å². The molecule has 2 aromatic rings. The lowest BCUT2D eigenvalue weighted by Gasteiger charge is -2.29. The van der Waals surface area contributed by atoms with E-state index in [-0.39, 0.29) is 53.0 Å². The Hall–Kier alpha value is -3.20. The van der Waals surface area contributed by atoms with Crippen molar-refractivity contribution in [3.05, 3.63) is 57.6 Å². The van der Waals surface area contributed by atoms with Crippen molar-refractivity contribution in [3.63, 3.8) is 0 Å². The number of imide groups is 1. The summed E-state index contributed by atoms with van der Waals surface area (Å²) < 4.78 is 29.1. The van der Waals surface area contributed by atoms with Gasteiger partial charge in [-0.05, 0) is 29.7 Å². The van der Waals surface area contributed by atoms with Crippen LogP contribution in [-0.4, -0.2) is 50.3 Å². The number of hydrogen-bond donors (Lipinski definition) is 2. The molecule has 12 heteroatoms. The Labute approximate surface area is 201 Å². The second-order valence-corrected chi connectivity index (χ2v) is 8.49. The second-order valence-electron chi connectivity index (χ2n) is 8.06. The molecule has 0 spiro atoms. The molecule has 2 heterocycles. The van der Waals surface area contributed by atoms with Gasteiger partial charge in [-0.3, -0.25) is 24.5 Å². The molecule has 34 heavy (non-hydrogen) atoms. The molecule has 0 aromatic heterocycles. The van der Waals surface area contributed by atoms with E-state index in [2.05, 4.69) is 10.6 Å². The number of hydrogen-bond acceptors (Lipinski definition) is 4. The standard InChI is InChI=1S/C22H16B2ClF2N3O4/c23-14-7-10(8-28-21(34)22(26,27)11-1-3-12(25)4-2-11)18(24)13-9-30(20(33)17(13)14)15-5-6-16(31)29-19(15)32/h1-4,7,15H,5-6,8-9H2,(H,28,34)(H,29,31,32). The first-order chi connectivity index (χ1) is 16.0. The van der Waals surface area contributed by atoms with Crippen LogP contribution in [0.5, 0.6) is 0 Å². The van der Waals surface area contributed by atoms with E-state index >= 15 is 0 Å². The van der Waals surface area contributed by atoms with Gasteiger partial charge in [-0.2, -0.15) is 8.78 Å². The third-order valence-electron chi connectivity index (χ3n) is 5.91. The number of carbonyl (C=O) groups is 4. The summed E-state index contributed by atoms with van der Waals surface area (Å²) in [6, 6.07) is 5.08. The van der Waals surface area contributed by atoms with E-state index in [0.29, 0.717) is 5.56 Å². The number of carbonyl (C=O) groups excluding carboxylic acids is 4. The molecule has 2 aliphatic heterocycles. The maximum absolute atomic E-state index is 14.5. The Balaban J connectivity index is 1.53. The van der Waals surface area contributed by atoms with Crippen molar-refractivity contribution >= 4 is 61.8 Å². The zero-order chi connectivity index (χ0) is 24.8. The van der Waals surface area contributed by atoms with Gasteiger partial charge in [-0.15, -0.1) is 0 Å². The molecule has 2 aromatic carbocycles. The van der Waals surface area contributed by atoms with Crippen LogP contribution in [0.3, 0.4) is 0 Å². The average molecular weight is 481 g/mol. The summed E-state index contributed by atoms with van der Waals surface area (Å²) in [6.45, 7) is -0.406. The number of benzene rings is 2. The first-order valence-corrected chi connectivity index (χ1v) is 10.6. The normalized spacial score (nSPS) is 18.0. The molecule has 0 saturated carbocycles. The fraction of sp³-hybridized carbons (Fsp3) is 0.273. The molecular formula is C22H16B2ClF2N3O4. The van der Waals surface area contributed by atoms with Gasteiger partial charge >= 0.3 is 5.92 Å². The van der Waals surface area contributed by atoms with E-state index in [1.54, 1.807) is 0 Å². The van der Waals surface area contributed by atoms with Gasteiger partial charge in [0.1, 0.15) is 21.7 Å². The molecule has 4 rings (SSSR count). The highest BCUT2D eigenvalue weighted by molar-refractivity contribution is 6.41. The number of halogens is 3. The summed E-state index contributed by atoms with van der Waals surface area (Å²) in [5.74, 6) is -6.89. The Morgan fingerprint density at radius 3 is 2.53 bits per heavy atom. The molecule has 2 aliphatic rings. The van der Waals surface area contributed by atoms with Crippen LogP contribution in [0.1, 0.15) is 39.9 Å². The van der Waals surface area contributed by atoms with Gasteiger partial charge in [0.25, 0.3) is 11.8 Å². The van der Waals surface area contributed by atoms with Crippen molar-refractivity contribution in [3.8, 4) is 0 Å². The molecule has 1 atom stereocenters. The molecule has 0 bridgehead atoms. The van der Waals surface area contributed by atoms with Crippen molar-refractivity contribution in [2.24, 2.45) is 0 Å². The molecule has 170 valence electrons. The predicted molar refractivity (Wildman–Crippen MR) is 120 cm³/mol. The second kappa shape index (κ2) is 8.87. The highest BCUT2D eigenvalue weighted by Gasteiger charge is 2.42. The number of nitrogens with zero attached hydrogens (tertiary/aromatic N) is 1. The third kappa shape index (κ3) is 4.20. The smallest absolute Gasteiger partial charge is 0.346 e. The van der Waals surface area contributed by atoms with Crippen LogP contribution in [0, 0.1) is 0 Å². The largest absolute Gasteiger partial charge is 0.349 e. The number of nitrogens with one attached hydrogen (secondary N) is 2. The van der Waals surface area contributed by atoms with E-state index in [1.165, 1.54) is 23.1 Å². The predicted octanol–water partition coefficient (Wildman–Crippen LogP) is 0.0968. The van der Waals surface area contributed by atoms with Gasteiger partial charge in [-0.1, -0.05) is 40.7 Å². The lowest BCUT2D eigenvalue weighted by atomic mass is 9.77. The molecular weight excluding hydrogens is 465 g/mol. The number of amides is 4. The minimum Gasteiger partial charge on any atom is -0.346 e. The van der Waals surface area contributed by atoms with Crippen LogP contribution >= 0.6 is 11.6 Å². The Morgan fingerprint density at radius 2 is 1.88 bits per heavy atom. The fourth-order valence-electron chi connectivity index (χ4n) is 4.10. The zero-order valence-corrected chi connectivity index (χ0v) is 18.4. The van der Waals surface area contributed by atoms with Crippen molar-refractivity contribution in [1.29, 1.82) is 0 Å². The molecule has 4 radical (unpaired) electrons. The lowest BCUT2D eigenvalue weighted by Crippen LogP contribution is -2.52. The van der Waals surface area contributed by atoms with Gasteiger partial charge in [0, 0.05) is 35.7 Å². The number of piperidine rings is 1. The summed E-state index contributed by atoms with van der Waals surface area (Å²) in [4.78, 5) is 50.1. The molecule has 2 N–H and O–H groups in total. The van der Waals surface area contributed by atoms with Crippen molar-refractivity contribution in [1.82, 2.24) is 15.5 Å². The summed E-state index contributed by atoms with van der Waals surface area (Å²) in [7, 11) is 12.2. The maximum Gasteiger partial charge on any atom is 0.349 e. The van der Waals surface area contributed by atoms with E-state index in [1.807, 2.05) is 0 Å². The molecule has 4 amide bonds. The van der Waals surface area contributed by atoms with E-state index in [9.17, 15) is 28.0 Å². The lowest BCUT2D eigenvalue weighted by molar-refractivity contribution is -0.147. The first kappa shape index (κ1) is 23.9. The van der Waals surface area contributed by atoms with E-state index in [4.69, 9.17) is 27.3 Å². The van der Waals surface area contributed by atoms with Crippen LogP contribution in [-0.2, 0) is 33.4 Å². The van der Waals surface area contributed by atoms with Crippen LogP contribution in [0.25, 0.3) is 0 Å². The summed E-state index contributed by atoms with van der Waals surface area (Å²) >= 11 is 5.71. The summed E-state index contributed by atoms with van der Waals surface area (Å²) in [5.41, 5.74) is 0.308. The Kier molecular flexibility index (Phi) is 6.24. The van der Waals surface area contributed by atoms with Crippen LogP contribution in [0.4, 0.5) is 8.78 Å². The van der Waals surface area contributed by atoms with Crippen molar-refractivity contribution < 1.29 is 28.0 Å². The van der Waals surface area contributed by atoms with Gasteiger partial charge in [-0.25, -0.2) is 0 Å². The SMILES string of the molecule is [B]c1cc(CNC(=O)C(F)(F)c2ccc(Cl)cc2)c([B])c2c1C(=O)N(C1CCC(=O)NC1=O)C2. The Bertz CT molecular complexity index is 1220. The monoisotopic (exact) mass is 481 g/mol. The average Bonchev–Trinajstić information content (AvgIpc) is 3.13. The fourth-order valence-corrected chi connectivity index (χ4v) is 4.22. The number of rotatable bonds is 5. The third-order valence-corrected chi connectivity index (χ3v) is 6.16. The van der Waals surface area contributed by atoms with E-state index < -0.39 is 41.2 Å². The van der Waals surface area contributed by atoms with Crippen LogP contribution < -0.4 is 21.6 Å². The minimum absolute atomic E-state index is 0.0395. The van der Waals surface area contributed by atoms with Crippen LogP contribution in [0.2, 0.25) is 5.02 Å². The quantitative estimate of drug-likeness (QED) is 0.468. The summed E-state index contributed by atoms with van der Waals surface area (Å²) in [6.07, 6.45) is 0.244. The van der Waals surface area contributed by atoms with E-state index in [0.717, 1.165) is 12.1 Å². The number of alkyl halides is 2.